The average molecular weight is 161 g/mol. The third kappa shape index (κ3) is 1.05. The Morgan fingerprint density at radius 3 is 2.92 bits per heavy atom. The van der Waals surface area contributed by atoms with E-state index in [9.17, 15) is 0 Å². The Bertz CT molecular complexity index is 304. The molecule has 0 bridgehead atoms. The molecule has 1 aliphatic carbocycles. The molecule has 12 heavy (non-hydrogen) atoms. The third-order valence-corrected chi connectivity index (χ3v) is 2.82. The largest absolute Gasteiger partial charge is 0.324 e. The van der Waals surface area contributed by atoms with Gasteiger partial charge in [-0.1, -0.05) is 30.7 Å². The SMILES string of the molecule is Cc1ccc2c(c1)C(N)[C@H](C)C2. The summed E-state index contributed by atoms with van der Waals surface area (Å²) in [5, 5.41) is 0. The molecular formula is C11H15N. The number of fused-ring (bicyclic) bond motifs is 1. The second-order valence-corrected chi connectivity index (χ2v) is 3.91. The predicted octanol–water partition coefficient (Wildman–Crippen LogP) is 2.19. The minimum Gasteiger partial charge on any atom is -0.324 e. The van der Waals surface area contributed by atoms with Crippen molar-refractivity contribution in [1.29, 1.82) is 0 Å². The molecule has 1 unspecified atom stereocenters. The molecule has 0 saturated heterocycles. The highest BCUT2D eigenvalue weighted by molar-refractivity contribution is 5.38. The maximum Gasteiger partial charge on any atom is 0.0326 e. The number of benzene rings is 1. The molecule has 0 radical (unpaired) electrons. The van der Waals surface area contributed by atoms with Crippen LogP contribution in [0.3, 0.4) is 0 Å². The highest BCUT2D eigenvalue weighted by atomic mass is 14.7. The molecule has 0 aromatic heterocycles. The van der Waals surface area contributed by atoms with E-state index in [1.807, 2.05) is 0 Å². The molecule has 1 aliphatic rings. The summed E-state index contributed by atoms with van der Waals surface area (Å²) in [5.41, 5.74) is 10.2. The first-order valence-corrected chi connectivity index (χ1v) is 4.53. The molecule has 0 heterocycles. The van der Waals surface area contributed by atoms with E-state index in [0.29, 0.717) is 5.92 Å². The van der Waals surface area contributed by atoms with Crippen LogP contribution in [0.25, 0.3) is 0 Å². The van der Waals surface area contributed by atoms with E-state index in [0.717, 1.165) is 6.42 Å². The first-order chi connectivity index (χ1) is 5.68. The molecule has 0 aliphatic heterocycles. The van der Waals surface area contributed by atoms with Gasteiger partial charge in [-0.25, -0.2) is 0 Å². The number of nitrogens with two attached hydrogens (primary N) is 1. The smallest absolute Gasteiger partial charge is 0.0326 e. The van der Waals surface area contributed by atoms with E-state index >= 15 is 0 Å². The quantitative estimate of drug-likeness (QED) is 0.620. The van der Waals surface area contributed by atoms with Crippen molar-refractivity contribution < 1.29 is 0 Å². The van der Waals surface area contributed by atoms with Gasteiger partial charge in [-0.3, -0.25) is 0 Å². The molecule has 64 valence electrons. The zero-order valence-corrected chi connectivity index (χ0v) is 7.67. The Hall–Kier alpha value is -0.820. The van der Waals surface area contributed by atoms with Crippen LogP contribution in [0.1, 0.15) is 29.7 Å². The summed E-state index contributed by atoms with van der Waals surface area (Å²) in [6, 6.07) is 6.88. The van der Waals surface area contributed by atoms with Crippen LogP contribution in [-0.2, 0) is 6.42 Å². The Balaban J connectivity index is 2.48. The van der Waals surface area contributed by atoms with Crippen molar-refractivity contribution >= 4 is 0 Å². The molecular weight excluding hydrogens is 146 g/mol. The third-order valence-electron chi connectivity index (χ3n) is 2.82. The van der Waals surface area contributed by atoms with Crippen LogP contribution < -0.4 is 5.73 Å². The number of hydrogen-bond donors (Lipinski definition) is 1. The average Bonchev–Trinajstić information content (AvgIpc) is 2.31. The highest BCUT2D eigenvalue weighted by Gasteiger charge is 2.25. The van der Waals surface area contributed by atoms with Gasteiger partial charge in [-0.05, 0) is 30.4 Å². The summed E-state index contributed by atoms with van der Waals surface area (Å²) in [6.07, 6.45) is 1.15. The van der Waals surface area contributed by atoms with Gasteiger partial charge in [0.05, 0.1) is 0 Å². The van der Waals surface area contributed by atoms with Crippen molar-refractivity contribution in [3.8, 4) is 0 Å². The molecule has 0 saturated carbocycles. The van der Waals surface area contributed by atoms with Crippen LogP contribution in [0.5, 0.6) is 0 Å². The summed E-state index contributed by atoms with van der Waals surface area (Å²) in [7, 11) is 0. The van der Waals surface area contributed by atoms with Crippen LogP contribution >= 0.6 is 0 Å². The Kier molecular flexibility index (Phi) is 1.69. The molecule has 2 rings (SSSR count). The van der Waals surface area contributed by atoms with Crippen molar-refractivity contribution in [3.63, 3.8) is 0 Å². The summed E-state index contributed by atoms with van der Waals surface area (Å²) >= 11 is 0. The molecule has 0 fully saturated rings. The van der Waals surface area contributed by atoms with Gasteiger partial charge in [0.25, 0.3) is 0 Å². The minimum absolute atomic E-state index is 0.264. The Morgan fingerprint density at radius 1 is 1.42 bits per heavy atom. The topological polar surface area (TPSA) is 26.0 Å². The molecule has 2 atom stereocenters. The van der Waals surface area contributed by atoms with E-state index in [-0.39, 0.29) is 6.04 Å². The second-order valence-electron chi connectivity index (χ2n) is 3.91. The molecule has 1 heteroatoms. The van der Waals surface area contributed by atoms with E-state index in [2.05, 4.69) is 32.0 Å². The number of rotatable bonds is 0. The van der Waals surface area contributed by atoms with Crippen molar-refractivity contribution in [1.82, 2.24) is 0 Å². The zero-order chi connectivity index (χ0) is 8.72. The first kappa shape index (κ1) is 7.81. The van der Waals surface area contributed by atoms with Crippen LogP contribution in [0.4, 0.5) is 0 Å². The Labute approximate surface area is 73.6 Å². The van der Waals surface area contributed by atoms with Crippen LogP contribution in [0, 0.1) is 12.8 Å². The summed E-state index contributed by atoms with van der Waals surface area (Å²) in [6.45, 7) is 4.34. The van der Waals surface area contributed by atoms with Crippen molar-refractivity contribution in [2.24, 2.45) is 11.7 Å². The molecule has 0 amide bonds. The number of aryl methyl sites for hydroxylation is 1. The van der Waals surface area contributed by atoms with Gasteiger partial charge in [0, 0.05) is 6.04 Å². The predicted molar refractivity (Wildman–Crippen MR) is 51.0 cm³/mol. The summed E-state index contributed by atoms with van der Waals surface area (Å²) in [4.78, 5) is 0. The van der Waals surface area contributed by atoms with Crippen LogP contribution in [0.2, 0.25) is 0 Å². The molecule has 1 nitrogen and oxygen atoms in total. The lowest BCUT2D eigenvalue weighted by Crippen LogP contribution is -2.13. The lowest BCUT2D eigenvalue weighted by atomic mass is 10.0. The minimum atomic E-state index is 0.264. The molecule has 1 aromatic rings. The van der Waals surface area contributed by atoms with Gasteiger partial charge in [-0.2, -0.15) is 0 Å². The lowest BCUT2D eigenvalue weighted by Gasteiger charge is -2.09. The van der Waals surface area contributed by atoms with Crippen molar-refractivity contribution in [2.45, 2.75) is 26.3 Å². The van der Waals surface area contributed by atoms with Crippen molar-refractivity contribution in [2.75, 3.05) is 0 Å². The fourth-order valence-corrected chi connectivity index (χ4v) is 1.99. The zero-order valence-electron chi connectivity index (χ0n) is 7.67. The normalized spacial score (nSPS) is 27.2. The van der Waals surface area contributed by atoms with Crippen molar-refractivity contribution in [3.05, 3.63) is 34.9 Å². The standard InChI is InChI=1S/C11H15N/c1-7-3-4-9-6-8(2)11(12)10(9)5-7/h3-5,8,11H,6,12H2,1-2H3/t8-,11?/m1/s1. The summed E-state index contributed by atoms with van der Waals surface area (Å²) < 4.78 is 0. The van der Waals surface area contributed by atoms with E-state index < -0.39 is 0 Å². The first-order valence-electron chi connectivity index (χ1n) is 4.53. The van der Waals surface area contributed by atoms with Gasteiger partial charge < -0.3 is 5.73 Å². The van der Waals surface area contributed by atoms with E-state index in [1.54, 1.807) is 0 Å². The highest BCUT2D eigenvalue weighted by Crippen LogP contribution is 2.34. The maximum absolute atomic E-state index is 6.06. The summed E-state index contributed by atoms with van der Waals surface area (Å²) in [5.74, 6) is 0.613. The molecule has 2 N–H and O–H groups in total. The monoisotopic (exact) mass is 161 g/mol. The lowest BCUT2D eigenvalue weighted by molar-refractivity contribution is 0.513. The second kappa shape index (κ2) is 2.60. The molecule has 1 aromatic carbocycles. The van der Waals surface area contributed by atoms with E-state index in [4.69, 9.17) is 5.73 Å². The van der Waals surface area contributed by atoms with Gasteiger partial charge >= 0.3 is 0 Å². The van der Waals surface area contributed by atoms with Crippen LogP contribution in [0.15, 0.2) is 18.2 Å². The molecule has 0 spiro atoms. The van der Waals surface area contributed by atoms with Crippen LogP contribution in [-0.4, -0.2) is 0 Å². The van der Waals surface area contributed by atoms with Gasteiger partial charge in [0.2, 0.25) is 0 Å². The van der Waals surface area contributed by atoms with E-state index in [1.165, 1.54) is 16.7 Å². The van der Waals surface area contributed by atoms with Gasteiger partial charge in [0.15, 0.2) is 0 Å². The fraction of sp³-hybridized carbons (Fsp3) is 0.455. The number of hydrogen-bond acceptors (Lipinski definition) is 1. The van der Waals surface area contributed by atoms with Gasteiger partial charge in [-0.15, -0.1) is 0 Å². The Morgan fingerprint density at radius 2 is 2.17 bits per heavy atom. The fourth-order valence-electron chi connectivity index (χ4n) is 1.99. The van der Waals surface area contributed by atoms with Gasteiger partial charge in [0.1, 0.15) is 0 Å². The maximum atomic E-state index is 6.06.